The summed E-state index contributed by atoms with van der Waals surface area (Å²) in [6.07, 6.45) is 4.88. The molecule has 0 aromatic heterocycles. The third-order valence-electron chi connectivity index (χ3n) is 4.57. The van der Waals surface area contributed by atoms with E-state index in [-0.39, 0.29) is 16.8 Å². The lowest BCUT2D eigenvalue weighted by atomic mass is 10.1. The lowest BCUT2D eigenvalue weighted by Gasteiger charge is -2.22. The van der Waals surface area contributed by atoms with Crippen LogP contribution in [0.3, 0.4) is 0 Å². The molecule has 1 heterocycles. The predicted molar refractivity (Wildman–Crippen MR) is 97.4 cm³/mol. The van der Waals surface area contributed by atoms with Gasteiger partial charge in [0.25, 0.3) is 5.91 Å². The van der Waals surface area contributed by atoms with Crippen LogP contribution in [-0.2, 0) is 10.0 Å². The Labute approximate surface area is 150 Å². The Hall–Kier alpha value is -1.60. The Balaban J connectivity index is 2.34. The summed E-state index contributed by atoms with van der Waals surface area (Å²) in [5.41, 5.74) is 0.302. The highest BCUT2D eigenvalue weighted by molar-refractivity contribution is 7.89. The maximum absolute atomic E-state index is 12.9. The first-order valence-electron chi connectivity index (χ1n) is 8.88. The largest absolute Gasteiger partial charge is 0.496 e. The number of amides is 1. The average molecular weight is 368 g/mol. The SMILES string of the molecule is CCC(C)NS(=O)(=O)c1ccc(OC)c(C(=O)N2CCCCCC2)c1. The minimum Gasteiger partial charge on any atom is -0.496 e. The summed E-state index contributed by atoms with van der Waals surface area (Å²) in [6.45, 7) is 5.12. The average Bonchev–Trinajstić information content (AvgIpc) is 2.89. The molecule has 1 saturated heterocycles. The highest BCUT2D eigenvalue weighted by atomic mass is 32.2. The van der Waals surface area contributed by atoms with Gasteiger partial charge in [0.15, 0.2) is 0 Å². The minimum atomic E-state index is -3.67. The quantitative estimate of drug-likeness (QED) is 0.838. The number of hydrogen-bond acceptors (Lipinski definition) is 4. The zero-order valence-corrected chi connectivity index (χ0v) is 16.1. The normalized spacial score (nSPS) is 17.0. The van der Waals surface area contributed by atoms with Gasteiger partial charge in [-0.05, 0) is 44.4 Å². The standard InChI is InChI=1S/C18H28N2O4S/c1-4-14(2)19-25(22,23)15-9-10-17(24-3)16(13-15)18(21)20-11-7-5-6-8-12-20/h9-10,13-14,19H,4-8,11-12H2,1-3H3. The topological polar surface area (TPSA) is 75.7 Å². The van der Waals surface area contributed by atoms with Crippen molar-refractivity contribution in [2.75, 3.05) is 20.2 Å². The van der Waals surface area contributed by atoms with Gasteiger partial charge in [-0.2, -0.15) is 0 Å². The van der Waals surface area contributed by atoms with Gasteiger partial charge in [-0.25, -0.2) is 13.1 Å². The van der Waals surface area contributed by atoms with Crippen molar-refractivity contribution in [3.63, 3.8) is 0 Å². The van der Waals surface area contributed by atoms with Gasteiger partial charge in [-0.1, -0.05) is 19.8 Å². The van der Waals surface area contributed by atoms with Gasteiger partial charge < -0.3 is 9.64 Å². The molecule has 1 N–H and O–H groups in total. The number of benzene rings is 1. The van der Waals surface area contributed by atoms with Crippen molar-refractivity contribution >= 4 is 15.9 Å². The second-order valence-electron chi connectivity index (χ2n) is 6.50. The lowest BCUT2D eigenvalue weighted by molar-refractivity contribution is 0.0758. The highest BCUT2D eigenvalue weighted by Crippen LogP contribution is 2.25. The molecule has 7 heteroatoms. The fourth-order valence-corrected chi connectivity index (χ4v) is 4.23. The lowest BCUT2D eigenvalue weighted by Crippen LogP contribution is -2.33. The second-order valence-corrected chi connectivity index (χ2v) is 8.21. The van der Waals surface area contributed by atoms with Crippen LogP contribution in [0.5, 0.6) is 5.75 Å². The number of carbonyl (C=O) groups excluding carboxylic acids is 1. The van der Waals surface area contributed by atoms with Crippen LogP contribution >= 0.6 is 0 Å². The van der Waals surface area contributed by atoms with Gasteiger partial charge in [0.2, 0.25) is 10.0 Å². The molecule has 1 atom stereocenters. The highest BCUT2D eigenvalue weighted by Gasteiger charge is 2.24. The van der Waals surface area contributed by atoms with Gasteiger partial charge in [0.05, 0.1) is 17.6 Å². The third kappa shape index (κ3) is 4.95. The molecule has 1 aromatic carbocycles. The van der Waals surface area contributed by atoms with E-state index >= 15 is 0 Å². The van der Waals surface area contributed by atoms with Crippen LogP contribution in [0.4, 0.5) is 0 Å². The van der Waals surface area contributed by atoms with Gasteiger partial charge in [-0.15, -0.1) is 0 Å². The summed E-state index contributed by atoms with van der Waals surface area (Å²) in [4.78, 5) is 14.8. The van der Waals surface area contributed by atoms with Crippen molar-refractivity contribution in [3.8, 4) is 5.75 Å². The van der Waals surface area contributed by atoms with Crippen molar-refractivity contribution in [2.45, 2.75) is 56.9 Å². The molecule has 6 nitrogen and oxygen atoms in total. The zero-order chi connectivity index (χ0) is 18.4. The Kier molecular flexibility index (Phi) is 6.84. The van der Waals surface area contributed by atoms with Crippen molar-refractivity contribution in [3.05, 3.63) is 23.8 Å². The molecular formula is C18H28N2O4S. The molecule has 1 aliphatic heterocycles. The second kappa shape index (κ2) is 8.67. The summed E-state index contributed by atoms with van der Waals surface area (Å²) in [5.74, 6) is 0.232. The van der Waals surface area contributed by atoms with Crippen LogP contribution in [0.15, 0.2) is 23.1 Å². The van der Waals surface area contributed by atoms with E-state index in [2.05, 4.69) is 4.72 Å². The molecule has 0 saturated carbocycles. The first kappa shape index (κ1) is 19.7. The number of carbonyl (C=O) groups is 1. The third-order valence-corrected chi connectivity index (χ3v) is 6.16. The number of rotatable bonds is 6. The maximum Gasteiger partial charge on any atom is 0.257 e. The number of methoxy groups -OCH3 is 1. The number of sulfonamides is 1. The summed E-state index contributed by atoms with van der Waals surface area (Å²) >= 11 is 0. The molecule has 1 fully saturated rings. The van der Waals surface area contributed by atoms with Crippen LogP contribution in [0.1, 0.15) is 56.3 Å². The summed E-state index contributed by atoms with van der Waals surface area (Å²) in [6, 6.07) is 4.28. The molecule has 0 aliphatic carbocycles. The molecule has 0 radical (unpaired) electrons. The van der Waals surface area contributed by atoms with Crippen molar-refractivity contribution in [2.24, 2.45) is 0 Å². The van der Waals surface area contributed by atoms with Crippen LogP contribution in [0.2, 0.25) is 0 Å². The molecular weight excluding hydrogens is 340 g/mol. The monoisotopic (exact) mass is 368 g/mol. The Morgan fingerprint density at radius 2 is 1.88 bits per heavy atom. The van der Waals surface area contributed by atoms with Gasteiger partial charge >= 0.3 is 0 Å². The van der Waals surface area contributed by atoms with E-state index in [0.29, 0.717) is 30.8 Å². The number of nitrogens with one attached hydrogen (secondary N) is 1. The van der Waals surface area contributed by atoms with E-state index in [1.54, 1.807) is 11.0 Å². The van der Waals surface area contributed by atoms with Crippen LogP contribution < -0.4 is 9.46 Å². The number of nitrogens with zero attached hydrogens (tertiary/aromatic N) is 1. The molecule has 2 rings (SSSR count). The van der Waals surface area contributed by atoms with Crippen LogP contribution in [-0.4, -0.2) is 45.5 Å². The Bertz CT molecular complexity index is 695. The van der Waals surface area contributed by atoms with Crippen LogP contribution in [0.25, 0.3) is 0 Å². The van der Waals surface area contributed by atoms with E-state index in [4.69, 9.17) is 4.74 Å². The van der Waals surface area contributed by atoms with Crippen molar-refractivity contribution < 1.29 is 17.9 Å². The van der Waals surface area contributed by atoms with E-state index in [9.17, 15) is 13.2 Å². The number of hydrogen-bond donors (Lipinski definition) is 1. The fourth-order valence-electron chi connectivity index (χ4n) is 2.88. The molecule has 1 aliphatic rings. The first-order valence-corrected chi connectivity index (χ1v) is 10.4. The molecule has 0 bridgehead atoms. The number of likely N-dealkylation sites (tertiary alicyclic amines) is 1. The number of ether oxygens (including phenoxy) is 1. The van der Waals surface area contributed by atoms with E-state index in [1.807, 2.05) is 13.8 Å². The van der Waals surface area contributed by atoms with Crippen molar-refractivity contribution in [1.29, 1.82) is 0 Å². The van der Waals surface area contributed by atoms with E-state index < -0.39 is 10.0 Å². The van der Waals surface area contributed by atoms with Gasteiger partial charge in [0, 0.05) is 19.1 Å². The molecule has 25 heavy (non-hydrogen) atoms. The Morgan fingerprint density at radius 3 is 2.44 bits per heavy atom. The summed E-state index contributed by atoms with van der Waals surface area (Å²) in [7, 11) is -2.18. The van der Waals surface area contributed by atoms with Gasteiger partial charge in [0.1, 0.15) is 5.75 Å². The van der Waals surface area contributed by atoms with Crippen molar-refractivity contribution in [1.82, 2.24) is 9.62 Å². The maximum atomic E-state index is 12.9. The van der Waals surface area contributed by atoms with Gasteiger partial charge in [-0.3, -0.25) is 4.79 Å². The molecule has 1 amide bonds. The molecule has 0 spiro atoms. The van der Waals surface area contributed by atoms with Crippen LogP contribution in [0, 0.1) is 0 Å². The van der Waals surface area contributed by atoms with E-state index in [0.717, 1.165) is 25.7 Å². The molecule has 1 unspecified atom stereocenters. The summed E-state index contributed by atoms with van der Waals surface area (Å²) in [5, 5.41) is 0. The molecule has 1 aromatic rings. The molecule has 140 valence electrons. The predicted octanol–water partition coefficient (Wildman–Crippen LogP) is 2.79. The first-order chi connectivity index (χ1) is 11.9. The minimum absolute atomic E-state index is 0.0896. The Morgan fingerprint density at radius 1 is 1.24 bits per heavy atom. The summed E-state index contributed by atoms with van der Waals surface area (Å²) < 4.78 is 33.0. The zero-order valence-electron chi connectivity index (χ0n) is 15.2. The smallest absolute Gasteiger partial charge is 0.257 e. The fraction of sp³-hybridized carbons (Fsp3) is 0.611. The van der Waals surface area contributed by atoms with E-state index in [1.165, 1.54) is 19.2 Å².